The molecule has 1 fully saturated rings. The lowest BCUT2D eigenvalue weighted by Gasteiger charge is -2.24. The third kappa shape index (κ3) is 2.44. The zero-order chi connectivity index (χ0) is 11.5. The number of aryl methyl sites for hydroxylation is 1. The van der Waals surface area contributed by atoms with Crippen LogP contribution in [0.3, 0.4) is 0 Å². The second-order valence-corrected chi connectivity index (χ2v) is 4.72. The third-order valence-corrected chi connectivity index (χ3v) is 3.09. The third-order valence-electron chi connectivity index (χ3n) is 3.09. The van der Waals surface area contributed by atoms with Crippen LogP contribution in [0.15, 0.2) is 6.20 Å². The Morgan fingerprint density at radius 3 is 3.06 bits per heavy atom. The van der Waals surface area contributed by atoms with Crippen molar-refractivity contribution in [1.29, 1.82) is 0 Å². The average Bonchev–Trinajstić information content (AvgIpc) is 2.60. The summed E-state index contributed by atoms with van der Waals surface area (Å²) < 4.78 is 7.76. The zero-order valence-electron chi connectivity index (χ0n) is 10.1. The quantitative estimate of drug-likeness (QED) is 0.846. The molecule has 90 valence electrons. The molecular weight excluding hydrogens is 202 g/mol. The normalized spacial score (nSPS) is 23.3. The number of hydrogen-bond acceptors (Lipinski definition) is 3. The molecule has 1 aromatic rings. The predicted molar refractivity (Wildman–Crippen MR) is 63.1 cm³/mol. The summed E-state index contributed by atoms with van der Waals surface area (Å²) in [4.78, 5) is 0. The van der Waals surface area contributed by atoms with Gasteiger partial charge in [-0.1, -0.05) is 0 Å². The summed E-state index contributed by atoms with van der Waals surface area (Å²) in [6.45, 7) is 2.89. The maximum Gasteiger partial charge on any atom is 0.0994 e. The van der Waals surface area contributed by atoms with E-state index in [2.05, 4.69) is 5.10 Å². The smallest absolute Gasteiger partial charge is 0.0994 e. The van der Waals surface area contributed by atoms with E-state index < -0.39 is 0 Å². The maximum absolute atomic E-state index is 5.85. The maximum atomic E-state index is 5.85. The van der Waals surface area contributed by atoms with Crippen molar-refractivity contribution >= 4 is 0 Å². The highest BCUT2D eigenvalue weighted by molar-refractivity contribution is 5.21. The number of nitrogens with two attached hydrogens (primary N) is 1. The van der Waals surface area contributed by atoms with E-state index in [1.54, 1.807) is 0 Å². The monoisotopic (exact) mass is 223 g/mol. The van der Waals surface area contributed by atoms with Crippen LogP contribution in [-0.4, -0.2) is 22.4 Å². The molecule has 4 heteroatoms. The Kier molecular flexibility index (Phi) is 3.61. The van der Waals surface area contributed by atoms with E-state index in [1.165, 1.54) is 24.1 Å². The van der Waals surface area contributed by atoms with Gasteiger partial charge in [-0.3, -0.25) is 4.68 Å². The van der Waals surface area contributed by atoms with Crippen LogP contribution in [0.5, 0.6) is 0 Å². The fourth-order valence-corrected chi connectivity index (χ4v) is 2.37. The van der Waals surface area contributed by atoms with Gasteiger partial charge < -0.3 is 10.5 Å². The van der Waals surface area contributed by atoms with E-state index >= 15 is 0 Å². The lowest BCUT2D eigenvalue weighted by atomic mass is 10.00. The van der Waals surface area contributed by atoms with Crippen LogP contribution >= 0.6 is 0 Å². The van der Waals surface area contributed by atoms with Crippen LogP contribution in [0.25, 0.3) is 0 Å². The van der Waals surface area contributed by atoms with Crippen LogP contribution in [0.1, 0.15) is 43.5 Å². The molecule has 1 aliphatic rings. The van der Waals surface area contributed by atoms with Crippen molar-refractivity contribution in [2.24, 2.45) is 12.8 Å². The number of nitrogens with zero attached hydrogens (tertiary/aromatic N) is 2. The summed E-state index contributed by atoms with van der Waals surface area (Å²) in [6.07, 6.45) is 6.55. The molecule has 1 aliphatic heterocycles. The summed E-state index contributed by atoms with van der Waals surface area (Å²) in [5.41, 5.74) is 8.31. The summed E-state index contributed by atoms with van der Waals surface area (Å²) in [7, 11) is 1.98. The fraction of sp³-hybridized carbons (Fsp3) is 0.750. The highest BCUT2D eigenvalue weighted by Gasteiger charge is 2.22. The average molecular weight is 223 g/mol. The molecule has 2 N–H and O–H groups in total. The Morgan fingerprint density at radius 2 is 2.44 bits per heavy atom. The van der Waals surface area contributed by atoms with E-state index in [0.717, 1.165) is 19.4 Å². The topological polar surface area (TPSA) is 53.1 Å². The highest BCUT2D eigenvalue weighted by Crippen LogP contribution is 2.30. The first-order valence-electron chi connectivity index (χ1n) is 6.06. The minimum Gasteiger partial charge on any atom is -0.372 e. The van der Waals surface area contributed by atoms with E-state index in [9.17, 15) is 0 Å². The highest BCUT2D eigenvalue weighted by atomic mass is 16.5. The molecule has 2 atom stereocenters. The first kappa shape index (κ1) is 11.6. The molecule has 1 saturated heterocycles. The van der Waals surface area contributed by atoms with Gasteiger partial charge in [0.15, 0.2) is 0 Å². The van der Waals surface area contributed by atoms with Gasteiger partial charge in [0.25, 0.3) is 0 Å². The first-order valence-corrected chi connectivity index (χ1v) is 6.06. The Bertz CT molecular complexity index is 340. The Hall–Kier alpha value is -0.870. The van der Waals surface area contributed by atoms with Crippen LogP contribution in [0.2, 0.25) is 0 Å². The standard InChI is InChI=1S/C12H21N3O/c1-9(13)7-10-8-14-15(2)12(10)11-5-3-4-6-16-11/h8-9,11H,3-7,13H2,1-2H3. The van der Waals surface area contributed by atoms with Crippen molar-refractivity contribution in [3.63, 3.8) is 0 Å². The van der Waals surface area contributed by atoms with Crippen LogP contribution < -0.4 is 5.73 Å². The molecule has 2 heterocycles. The molecule has 0 bridgehead atoms. The van der Waals surface area contributed by atoms with E-state index in [1.807, 2.05) is 24.9 Å². The van der Waals surface area contributed by atoms with Crippen molar-refractivity contribution in [3.8, 4) is 0 Å². The molecule has 2 unspecified atom stereocenters. The molecule has 0 saturated carbocycles. The molecule has 16 heavy (non-hydrogen) atoms. The Balaban J connectivity index is 2.19. The fourth-order valence-electron chi connectivity index (χ4n) is 2.37. The number of ether oxygens (including phenoxy) is 1. The van der Waals surface area contributed by atoms with Crippen molar-refractivity contribution in [2.75, 3.05) is 6.61 Å². The molecule has 2 rings (SSSR count). The van der Waals surface area contributed by atoms with Gasteiger partial charge in [-0.2, -0.15) is 5.10 Å². The van der Waals surface area contributed by atoms with Crippen molar-refractivity contribution < 1.29 is 4.74 Å². The van der Waals surface area contributed by atoms with Gasteiger partial charge in [-0.25, -0.2) is 0 Å². The van der Waals surface area contributed by atoms with E-state index in [-0.39, 0.29) is 12.1 Å². The Labute approximate surface area is 96.8 Å². The molecule has 0 radical (unpaired) electrons. The molecule has 0 aliphatic carbocycles. The summed E-state index contributed by atoms with van der Waals surface area (Å²) in [6, 6.07) is 0.173. The van der Waals surface area contributed by atoms with Gasteiger partial charge in [-0.05, 0) is 38.2 Å². The Morgan fingerprint density at radius 1 is 1.62 bits per heavy atom. The predicted octanol–water partition coefficient (Wildman–Crippen LogP) is 1.55. The molecular formula is C12H21N3O. The molecule has 0 amide bonds. The summed E-state index contributed by atoms with van der Waals surface area (Å²) in [5, 5.41) is 4.33. The first-order chi connectivity index (χ1) is 7.68. The van der Waals surface area contributed by atoms with Crippen molar-refractivity contribution in [2.45, 2.75) is 44.8 Å². The van der Waals surface area contributed by atoms with Gasteiger partial charge in [0, 0.05) is 19.7 Å². The molecule has 0 spiro atoms. The SMILES string of the molecule is CC(N)Cc1cnn(C)c1C1CCCCO1. The molecule has 4 nitrogen and oxygen atoms in total. The molecule has 1 aromatic heterocycles. The largest absolute Gasteiger partial charge is 0.372 e. The van der Waals surface area contributed by atoms with E-state index in [4.69, 9.17) is 10.5 Å². The minimum atomic E-state index is 0.173. The second-order valence-electron chi connectivity index (χ2n) is 4.72. The summed E-state index contributed by atoms with van der Waals surface area (Å²) in [5.74, 6) is 0. The van der Waals surface area contributed by atoms with Crippen LogP contribution in [0, 0.1) is 0 Å². The number of rotatable bonds is 3. The second kappa shape index (κ2) is 4.97. The minimum absolute atomic E-state index is 0.173. The van der Waals surface area contributed by atoms with Gasteiger partial charge in [0.2, 0.25) is 0 Å². The van der Waals surface area contributed by atoms with Gasteiger partial charge >= 0.3 is 0 Å². The van der Waals surface area contributed by atoms with Crippen LogP contribution in [-0.2, 0) is 18.2 Å². The number of aromatic nitrogens is 2. The van der Waals surface area contributed by atoms with Gasteiger partial charge in [0.05, 0.1) is 18.0 Å². The van der Waals surface area contributed by atoms with Crippen molar-refractivity contribution in [3.05, 3.63) is 17.5 Å². The van der Waals surface area contributed by atoms with Crippen LogP contribution in [0.4, 0.5) is 0 Å². The van der Waals surface area contributed by atoms with E-state index in [0.29, 0.717) is 0 Å². The lowest BCUT2D eigenvalue weighted by Crippen LogP contribution is -2.21. The number of hydrogen-bond donors (Lipinski definition) is 1. The molecule has 0 aromatic carbocycles. The van der Waals surface area contributed by atoms with Gasteiger partial charge in [-0.15, -0.1) is 0 Å². The lowest BCUT2D eigenvalue weighted by molar-refractivity contribution is 0.00950. The zero-order valence-corrected chi connectivity index (χ0v) is 10.1. The summed E-state index contributed by atoms with van der Waals surface area (Å²) >= 11 is 0. The van der Waals surface area contributed by atoms with Crippen molar-refractivity contribution in [1.82, 2.24) is 9.78 Å². The van der Waals surface area contributed by atoms with Gasteiger partial charge in [0.1, 0.15) is 0 Å².